The molecule has 4 fully saturated rings. The Hall–Kier alpha value is -2.33. The molecule has 0 radical (unpaired) electrons. The van der Waals surface area contributed by atoms with Gasteiger partial charge in [0, 0.05) is 36.3 Å². The average Bonchev–Trinajstić information content (AvgIpc) is 3.48. The van der Waals surface area contributed by atoms with Crippen LogP contribution >= 0.6 is 0 Å². The molecule has 2 N–H and O–H groups in total. The number of carbonyl (C=O) groups is 1. The summed E-state index contributed by atoms with van der Waals surface area (Å²) >= 11 is 0. The number of ether oxygens (including phenoxy) is 1. The van der Waals surface area contributed by atoms with Crippen molar-refractivity contribution < 1.29 is 27.1 Å². The zero-order valence-corrected chi connectivity index (χ0v) is 23.7. The Morgan fingerprint density at radius 1 is 1.15 bits per heavy atom. The molecule has 224 valence electrons. The third-order valence-electron chi connectivity index (χ3n) is 9.59. The molecular formula is C29H43F4N5O2. The fraction of sp³-hybridized carbons (Fsp3) is 0.828. The predicted molar refractivity (Wildman–Crippen MR) is 142 cm³/mol. The molecule has 6 unspecified atom stereocenters. The summed E-state index contributed by atoms with van der Waals surface area (Å²) in [7, 11) is 0. The molecule has 1 saturated heterocycles. The highest BCUT2D eigenvalue weighted by molar-refractivity contribution is 5.79. The van der Waals surface area contributed by atoms with Gasteiger partial charge in [0.2, 0.25) is 5.91 Å². The second kappa shape index (κ2) is 11.5. The van der Waals surface area contributed by atoms with Crippen LogP contribution in [0.5, 0.6) is 0 Å². The van der Waals surface area contributed by atoms with Gasteiger partial charge in [0.15, 0.2) is 5.69 Å². The van der Waals surface area contributed by atoms with Crippen molar-refractivity contribution >= 4 is 11.9 Å². The number of nitrogens with zero attached hydrogens (tertiary/aromatic N) is 3. The van der Waals surface area contributed by atoms with Crippen molar-refractivity contribution in [3.05, 3.63) is 17.5 Å². The Kier molecular flexibility index (Phi) is 8.39. The van der Waals surface area contributed by atoms with Crippen LogP contribution in [0.25, 0.3) is 0 Å². The Bertz CT molecular complexity index is 1070. The van der Waals surface area contributed by atoms with Gasteiger partial charge in [0.05, 0.1) is 6.54 Å². The lowest BCUT2D eigenvalue weighted by molar-refractivity contribution is -0.142. The third-order valence-corrected chi connectivity index (χ3v) is 9.59. The third kappa shape index (κ3) is 6.43. The van der Waals surface area contributed by atoms with Crippen LogP contribution in [0.3, 0.4) is 0 Å². The van der Waals surface area contributed by atoms with E-state index < -0.39 is 29.9 Å². The number of alkyl halides is 4. The lowest BCUT2D eigenvalue weighted by atomic mass is 9.71. The first-order valence-electron chi connectivity index (χ1n) is 15.0. The summed E-state index contributed by atoms with van der Waals surface area (Å²) in [5.74, 6) is -0.483. The minimum Gasteiger partial charge on any atom is -0.463 e. The van der Waals surface area contributed by atoms with Crippen LogP contribution in [0.4, 0.5) is 17.6 Å². The van der Waals surface area contributed by atoms with E-state index in [2.05, 4.69) is 10.4 Å². The van der Waals surface area contributed by atoms with E-state index >= 15 is 0 Å². The van der Waals surface area contributed by atoms with Gasteiger partial charge in [-0.05, 0) is 94.8 Å². The first kappa shape index (κ1) is 29.2. The molecule has 11 heteroatoms. The van der Waals surface area contributed by atoms with Crippen molar-refractivity contribution in [3.63, 3.8) is 0 Å². The Labute approximate surface area is 233 Å². The molecule has 3 saturated carbocycles. The zero-order chi connectivity index (χ0) is 28.8. The lowest BCUT2D eigenvalue weighted by Gasteiger charge is -2.39. The van der Waals surface area contributed by atoms with Crippen molar-refractivity contribution in [1.82, 2.24) is 20.0 Å². The summed E-state index contributed by atoms with van der Waals surface area (Å²) in [6.45, 7) is 6.99. The normalized spacial score (nSPS) is 32.3. The first-order chi connectivity index (χ1) is 18.9. The molecule has 1 aliphatic heterocycles. The molecule has 5 rings (SSSR count). The monoisotopic (exact) mass is 569 g/mol. The molecule has 3 aliphatic carbocycles. The lowest BCUT2D eigenvalue weighted by Crippen LogP contribution is -2.48. The topological polar surface area (TPSA) is 83.2 Å². The Morgan fingerprint density at radius 2 is 1.88 bits per heavy atom. The van der Waals surface area contributed by atoms with Crippen molar-refractivity contribution in [2.24, 2.45) is 29.6 Å². The van der Waals surface area contributed by atoms with E-state index in [9.17, 15) is 22.4 Å². The molecular weight excluding hydrogens is 526 g/mol. The van der Waals surface area contributed by atoms with Gasteiger partial charge in [-0.3, -0.25) is 14.9 Å². The van der Waals surface area contributed by atoms with Crippen molar-refractivity contribution in [2.75, 3.05) is 19.7 Å². The van der Waals surface area contributed by atoms with Crippen LogP contribution in [-0.4, -0.2) is 58.5 Å². The van der Waals surface area contributed by atoms with Crippen LogP contribution < -0.4 is 5.32 Å². The minimum absolute atomic E-state index is 0.00383. The first-order valence-corrected chi connectivity index (χ1v) is 15.0. The second-order valence-electron chi connectivity index (χ2n) is 13.0. The SMILES string of the molecule is CC1CC([C@@H](NC(=O)C2CC(CN3CCOC3=N)CC(c3cn(C(C)C)nc3C(F)(F)F)C2)C2CC2)CCC1F. The van der Waals surface area contributed by atoms with Gasteiger partial charge >= 0.3 is 6.18 Å². The zero-order valence-electron chi connectivity index (χ0n) is 23.7. The van der Waals surface area contributed by atoms with Crippen molar-refractivity contribution in [1.29, 1.82) is 5.41 Å². The molecule has 0 bridgehead atoms. The number of carbonyl (C=O) groups excluding carboxylic acids is 1. The second-order valence-corrected chi connectivity index (χ2v) is 13.0. The summed E-state index contributed by atoms with van der Waals surface area (Å²) in [6.07, 6.45) is 1.61. The summed E-state index contributed by atoms with van der Waals surface area (Å²) in [4.78, 5) is 15.7. The van der Waals surface area contributed by atoms with E-state index in [0.717, 1.165) is 25.7 Å². The van der Waals surface area contributed by atoms with Crippen LogP contribution in [0.2, 0.25) is 0 Å². The number of amidine groups is 1. The van der Waals surface area contributed by atoms with Crippen LogP contribution in [0.15, 0.2) is 6.20 Å². The molecule has 1 amide bonds. The number of halogens is 4. The van der Waals surface area contributed by atoms with Gasteiger partial charge in [-0.2, -0.15) is 18.3 Å². The average molecular weight is 570 g/mol. The van der Waals surface area contributed by atoms with E-state index in [-0.39, 0.29) is 47.3 Å². The minimum atomic E-state index is -4.59. The van der Waals surface area contributed by atoms with E-state index in [1.807, 2.05) is 11.8 Å². The van der Waals surface area contributed by atoms with E-state index in [0.29, 0.717) is 51.3 Å². The largest absolute Gasteiger partial charge is 0.463 e. The molecule has 0 spiro atoms. The maximum atomic E-state index is 14.2. The molecule has 7 atom stereocenters. The number of aromatic nitrogens is 2. The molecule has 1 aromatic heterocycles. The maximum absolute atomic E-state index is 14.2. The standard InChI is InChI=1S/C29H43F4N5O2/c1-16(2)38-15-23(26(36-38)29(31,32)33)21-11-18(14-37-8-9-40-28(37)34)12-22(13-21)27(39)35-25(19-4-5-19)20-6-7-24(30)17(3)10-20/h15-22,24-25,34H,4-14H2,1-3H3,(H,35,39)/t17?,18?,20?,21?,22?,24?,25-/m0/s1. The van der Waals surface area contributed by atoms with Crippen LogP contribution in [-0.2, 0) is 15.7 Å². The summed E-state index contributed by atoms with van der Waals surface area (Å²) in [5, 5.41) is 15.3. The van der Waals surface area contributed by atoms with Gasteiger partial charge in [-0.15, -0.1) is 0 Å². The fourth-order valence-corrected chi connectivity index (χ4v) is 7.26. The number of nitrogens with one attached hydrogen (secondary N) is 2. The summed E-state index contributed by atoms with van der Waals surface area (Å²) in [5.41, 5.74) is -0.707. The summed E-state index contributed by atoms with van der Waals surface area (Å²) in [6, 6.07) is -0.148. The number of rotatable bonds is 8. The number of hydrogen-bond acceptors (Lipinski definition) is 4. The molecule has 2 heterocycles. The molecule has 0 aromatic carbocycles. The Balaban J connectivity index is 1.38. The van der Waals surface area contributed by atoms with Crippen LogP contribution in [0.1, 0.15) is 95.4 Å². The van der Waals surface area contributed by atoms with Gasteiger partial charge in [-0.1, -0.05) is 6.92 Å². The fourth-order valence-electron chi connectivity index (χ4n) is 7.26. The predicted octanol–water partition coefficient (Wildman–Crippen LogP) is 5.92. The highest BCUT2D eigenvalue weighted by Crippen LogP contribution is 2.46. The van der Waals surface area contributed by atoms with Crippen molar-refractivity contribution in [2.45, 2.75) is 102 Å². The molecule has 1 aromatic rings. The maximum Gasteiger partial charge on any atom is 0.435 e. The number of amides is 1. The van der Waals surface area contributed by atoms with E-state index in [1.54, 1.807) is 13.8 Å². The van der Waals surface area contributed by atoms with Crippen molar-refractivity contribution in [3.8, 4) is 0 Å². The van der Waals surface area contributed by atoms with E-state index in [1.165, 1.54) is 10.9 Å². The smallest absolute Gasteiger partial charge is 0.435 e. The highest BCUT2D eigenvalue weighted by atomic mass is 19.4. The van der Waals surface area contributed by atoms with Gasteiger partial charge < -0.3 is 15.0 Å². The molecule has 4 aliphatic rings. The number of hydrogen-bond donors (Lipinski definition) is 2. The quantitative estimate of drug-likeness (QED) is 0.381. The van der Waals surface area contributed by atoms with E-state index in [4.69, 9.17) is 10.1 Å². The molecule has 40 heavy (non-hydrogen) atoms. The highest BCUT2D eigenvalue weighted by Gasteiger charge is 2.45. The van der Waals surface area contributed by atoms with Gasteiger partial charge in [0.25, 0.3) is 6.02 Å². The van der Waals surface area contributed by atoms with Gasteiger partial charge in [0.1, 0.15) is 12.8 Å². The molecule has 7 nitrogen and oxygen atoms in total. The summed E-state index contributed by atoms with van der Waals surface area (Å²) < 4.78 is 63.2. The van der Waals surface area contributed by atoms with Crippen LogP contribution in [0, 0.1) is 35.0 Å². The van der Waals surface area contributed by atoms with Gasteiger partial charge in [-0.25, -0.2) is 4.39 Å². The Morgan fingerprint density at radius 3 is 2.48 bits per heavy atom.